The number of benzene rings is 2. The van der Waals surface area contributed by atoms with Gasteiger partial charge in [0.1, 0.15) is 11.4 Å². The van der Waals surface area contributed by atoms with Crippen molar-refractivity contribution in [2.24, 2.45) is 0 Å². The summed E-state index contributed by atoms with van der Waals surface area (Å²) < 4.78 is 11.2. The monoisotopic (exact) mass is 448 g/mol. The molecule has 0 spiro atoms. The molecule has 0 aliphatic carbocycles. The minimum Gasteiger partial charge on any atom is -0.486 e. The van der Waals surface area contributed by atoms with Crippen molar-refractivity contribution in [2.75, 3.05) is 6.61 Å². The molecule has 3 rings (SSSR count). The Morgan fingerprint density at radius 1 is 1.06 bits per heavy atom. The van der Waals surface area contributed by atoms with Crippen LogP contribution in [0.5, 0.6) is 5.75 Å². The molecule has 33 heavy (non-hydrogen) atoms. The minimum absolute atomic E-state index is 0.0926. The predicted octanol–water partition coefficient (Wildman–Crippen LogP) is 5.72. The van der Waals surface area contributed by atoms with Crippen molar-refractivity contribution in [1.82, 2.24) is 9.97 Å². The van der Waals surface area contributed by atoms with Gasteiger partial charge in [-0.05, 0) is 43.9 Å². The van der Waals surface area contributed by atoms with E-state index in [2.05, 4.69) is 9.97 Å². The van der Waals surface area contributed by atoms with E-state index in [1.54, 1.807) is 20.8 Å². The van der Waals surface area contributed by atoms with Gasteiger partial charge in [-0.3, -0.25) is 4.79 Å². The highest BCUT2D eigenvalue weighted by molar-refractivity contribution is 5.90. The van der Waals surface area contributed by atoms with Crippen LogP contribution in [0.4, 0.5) is 0 Å². The number of ether oxygens (including phenoxy) is 2. The van der Waals surface area contributed by atoms with Gasteiger partial charge in [0.05, 0.1) is 6.61 Å². The van der Waals surface area contributed by atoms with Crippen LogP contribution in [0.3, 0.4) is 0 Å². The third kappa shape index (κ3) is 6.09. The van der Waals surface area contributed by atoms with Crippen LogP contribution in [0.2, 0.25) is 0 Å². The van der Waals surface area contributed by atoms with E-state index >= 15 is 0 Å². The van der Waals surface area contributed by atoms with Crippen LogP contribution >= 0.6 is 0 Å². The molecule has 1 heterocycles. The summed E-state index contributed by atoms with van der Waals surface area (Å²) in [7, 11) is 0. The minimum atomic E-state index is -0.728. The van der Waals surface area contributed by atoms with Crippen molar-refractivity contribution in [1.29, 1.82) is 0 Å². The molecule has 6 nitrogen and oxygen atoms in total. The third-order valence-electron chi connectivity index (χ3n) is 5.15. The van der Waals surface area contributed by atoms with Crippen molar-refractivity contribution in [3.05, 3.63) is 82.0 Å². The van der Waals surface area contributed by atoms with Gasteiger partial charge >= 0.3 is 5.97 Å². The molecule has 1 atom stereocenters. The predicted molar refractivity (Wildman–Crippen MR) is 130 cm³/mol. The number of nitrogens with zero attached hydrogens (tertiary/aromatic N) is 1. The molecule has 0 bridgehead atoms. The van der Waals surface area contributed by atoms with Crippen LogP contribution in [0.1, 0.15) is 75.3 Å². The first-order valence-electron chi connectivity index (χ1n) is 11.4. The molecule has 1 unspecified atom stereocenters. The molecule has 1 aromatic heterocycles. The average Bonchev–Trinajstić information content (AvgIpc) is 2.79. The SMILES string of the molecule is CCCCOc1c(C(=O)OC(C)(C)C)nc(C(C)c2ccccc2-c2ccccc2)[nH]c1=O. The Labute approximate surface area is 195 Å². The quantitative estimate of drug-likeness (QED) is 0.352. The standard InChI is InChI=1S/C27H32N2O4/c1-6-7-17-32-23-22(26(31)33-27(3,4)5)28-24(29-25(23)30)18(2)20-15-11-12-16-21(20)19-13-9-8-10-14-19/h8-16,18H,6-7,17H2,1-5H3,(H,28,29,30). The number of aromatic nitrogens is 2. The zero-order valence-corrected chi connectivity index (χ0v) is 20.0. The van der Waals surface area contributed by atoms with Gasteiger partial charge < -0.3 is 14.5 Å². The van der Waals surface area contributed by atoms with Crippen LogP contribution in [-0.4, -0.2) is 28.1 Å². The van der Waals surface area contributed by atoms with Gasteiger partial charge in [0.25, 0.3) is 5.56 Å². The molecular formula is C27H32N2O4. The molecule has 1 N–H and O–H groups in total. The first-order chi connectivity index (χ1) is 15.7. The normalized spacial score (nSPS) is 12.3. The maximum absolute atomic E-state index is 13.0. The van der Waals surface area contributed by atoms with Crippen molar-refractivity contribution >= 4 is 5.97 Å². The van der Waals surface area contributed by atoms with Crippen LogP contribution in [0.25, 0.3) is 11.1 Å². The number of rotatable bonds is 8. The third-order valence-corrected chi connectivity index (χ3v) is 5.15. The number of hydrogen-bond acceptors (Lipinski definition) is 5. The molecule has 0 aliphatic rings. The van der Waals surface area contributed by atoms with Crippen LogP contribution in [-0.2, 0) is 4.74 Å². The lowest BCUT2D eigenvalue weighted by Gasteiger charge is -2.21. The largest absolute Gasteiger partial charge is 0.486 e. The van der Waals surface area contributed by atoms with Crippen LogP contribution in [0, 0.1) is 0 Å². The van der Waals surface area contributed by atoms with Gasteiger partial charge in [0, 0.05) is 5.92 Å². The fourth-order valence-electron chi connectivity index (χ4n) is 3.50. The summed E-state index contributed by atoms with van der Waals surface area (Å²) in [5.41, 5.74) is 1.78. The van der Waals surface area contributed by atoms with E-state index in [1.807, 2.05) is 68.4 Å². The second-order valence-corrected chi connectivity index (χ2v) is 9.01. The molecule has 0 aliphatic heterocycles. The van der Waals surface area contributed by atoms with E-state index in [4.69, 9.17) is 9.47 Å². The van der Waals surface area contributed by atoms with E-state index in [9.17, 15) is 9.59 Å². The zero-order chi connectivity index (χ0) is 24.0. The number of esters is 1. The number of carbonyl (C=O) groups is 1. The molecule has 0 saturated heterocycles. The molecule has 0 saturated carbocycles. The van der Waals surface area contributed by atoms with Crippen LogP contribution in [0.15, 0.2) is 59.4 Å². The maximum atomic E-state index is 13.0. The highest BCUT2D eigenvalue weighted by Crippen LogP contribution is 2.32. The Balaban J connectivity index is 2.07. The van der Waals surface area contributed by atoms with Crippen molar-refractivity contribution < 1.29 is 14.3 Å². The number of hydrogen-bond donors (Lipinski definition) is 1. The van der Waals surface area contributed by atoms with Gasteiger partial charge in [-0.1, -0.05) is 74.9 Å². The summed E-state index contributed by atoms with van der Waals surface area (Å²) in [5, 5.41) is 0. The van der Waals surface area contributed by atoms with Gasteiger partial charge in [0.15, 0.2) is 5.69 Å². The summed E-state index contributed by atoms with van der Waals surface area (Å²) in [5.74, 6) is -0.665. The number of aromatic amines is 1. The molecule has 6 heteroatoms. The van der Waals surface area contributed by atoms with Gasteiger partial charge in [-0.25, -0.2) is 9.78 Å². The van der Waals surface area contributed by atoms with E-state index in [0.717, 1.165) is 29.5 Å². The number of carbonyl (C=O) groups excluding carboxylic acids is 1. The highest BCUT2D eigenvalue weighted by atomic mass is 16.6. The average molecular weight is 449 g/mol. The molecule has 0 amide bonds. The van der Waals surface area contributed by atoms with E-state index in [-0.39, 0.29) is 17.4 Å². The Hall–Kier alpha value is -3.41. The molecule has 0 radical (unpaired) electrons. The molecular weight excluding hydrogens is 416 g/mol. The second-order valence-electron chi connectivity index (χ2n) is 9.01. The van der Waals surface area contributed by atoms with Gasteiger partial charge in [-0.2, -0.15) is 0 Å². The number of unbranched alkanes of at least 4 members (excludes halogenated alkanes) is 1. The summed E-state index contributed by atoms with van der Waals surface area (Å²) in [6.07, 6.45) is 1.66. The maximum Gasteiger partial charge on any atom is 0.361 e. The fourth-order valence-corrected chi connectivity index (χ4v) is 3.50. The Kier molecular flexibility index (Phi) is 7.69. The molecule has 0 fully saturated rings. The lowest BCUT2D eigenvalue weighted by molar-refractivity contribution is 0.00576. The van der Waals surface area contributed by atoms with E-state index < -0.39 is 17.1 Å². The van der Waals surface area contributed by atoms with Gasteiger partial charge in [0.2, 0.25) is 5.75 Å². The van der Waals surface area contributed by atoms with Crippen LogP contribution < -0.4 is 10.3 Å². The lowest BCUT2D eigenvalue weighted by Crippen LogP contribution is -2.28. The van der Waals surface area contributed by atoms with Gasteiger partial charge in [-0.15, -0.1) is 0 Å². The first-order valence-corrected chi connectivity index (χ1v) is 11.4. The Bertz CT molecular complexity index is 1150. The Morgan fingerprint density at radius 3 is 2.39 bits per heavy atom. The summed E-state index contributed by atoms with van der Waals surface area (Å²) in [4.78, 5) is 33.3. The second kappa shape index (κ2) is 10.5. The van der Waals surface area contributed by atoms with Crippen molar-refractivity contribution in [2.45, 2.75) is 59.0 Å². The highest BCUT2D eigenvalue weighted by Gasteiger charge is 2.27. The lowest BCUT2D eigenvalue weighted by atomic mass is 9.91. The van der Waals surface area contributed by atoms with Crippen molar-refractivity contribution in [3.8, 4) is 16.9 Å². The fraction of sp³-hybridized carbons (Fsp3) is 0.370. The number of nitrogens with one attached hydrogen (secondary N) is 1. The van der Waals surface area contributed by atoms with E-state index in [1.165, 1.54) is 0 Å². The smallest absolute Gasteiger partial charge is 0.361 e. The topological polar surface area (TPSA) is 81.3 Å². The summed E-state index contributed by atoms with van der Waals surface area (Å²) in [6.45, 7) is 9.62. The molecule has 174 valence electrons. The summed E-state index contributed by atoms with van der Waals surface area (Å²) >= 11 is 0. The zero-order valence-electron chi connectivity index (χ0n) is 20.0. The molecule has 3 aromatic rings. The van der Waals surface area contributed by atoms with E-state index in [0.29, 0.717) is 12.4 Å². The molecule has 2 aromatic carbocycles. The number of H-pyrrole nitrogens is 1. The summed E-state index contributed by atoms with van der Waals surface area (Å²) in [6, 6.07) is 18.0. The van der Waals surface area contributed by atoms with Crippen molar-refractivity contribution in [3.63, 3.8) is 0 Å². The Morgan fingerprint density at radius 2 is 1.73 bits per heavy atom. The first kappa shape index (κ1) is 24.2.